The average molecular weight is 369 g/mol. The molecule has 1 aromatic heterocycles. The SMILES string of the molecule is O=C(NC(c1cccs1)C1CCCC1)c1ccc(N2CCNC2=O)cc1. The summed E-state index contributed by atoms with van der Waals surface area (Å²) in [6.45, 7) is 1.32. The second-order valence-corrected chi connectivity index (χ2v) is 7.92. The summed E-state index contributed by atoms with van der Waals surface area (Å²) >= 11 is 1.71. The number of amides is 3. The first-order valence-electron chi connectivity index (χ1n) is 9.22. The summed E-state index contributed by atoms with van der Waals surface area (Å²) in [7, 11) is 0. The third kappa shape index (κ3) is 3.46. The summed E-state index contributed by atoms with van der Waals surface area (Å²) in [6, 6.07) is 11.5. The zero-order chi connectivity index (χ0) is 17.9. The first-order valence-corrected chi connectivity index (χ1v) is 10.1. The number of hydrogen-bond donors (Lipinski definition) is 2. The number of carbonyl (C=O) groups excluding carboxylic acids is 2. The number of nitrogens with zero attached hydrogens (tertiary/aromatic N) is 1. The number of hydrogen-bond acceptors (Lipinski definition) is 3. The van der Waals surface area contributed by atoms with Gasteiger partial charge in [0.15, 0.2) is 0 Å². The van der Waals surface area contributed by atoms with Gasteiger partial charge in [-0.15, -0.1) is 11.3 Å². The highest BCUT2D eigenvalue weighted by Crippen LogP contribution is 2.37. The lowest BCUT2D eigenvalue weighted by Gasteiger charge is -2.24. The Kier molecular flexibility index (Phi) is 4.93. The number of carbonyl (C=O) groups is 2. The van der Waals surface area contributed by atoms with Gasteiger partial charge < -0.3 is 10.6 Å². The molecular formula is C20H23N3O2S. The molecule has 2 heterocycles. The molecule has 136 valence electrons. The Morgan fingerprint density at radius 3 is 2.58 bits per heavy atom. The number of rotatable bonds is 5. The van der Waals surface area contributed by atoms with Gasteiger partial charge >= 0.3 is 6.03 Å². The zero-order valence-electron chi connectivity index (χ0n) is 14.6. The largest absolute Gasteiger partial charge is 0.344 e. The summed E-state index contributed by atoms with van der Waals surface area (Å²) in [5.41, 5.74) is 1.45. The lowest BCUT2D eigenvalue weighted by Crippen LogP contribution is -2.32. The maximum atomic E-state index is 12.8. The topological polar surface area (TPSA) is 61.4 Å². The van der Waals surface area contributed by atoms with E-state index < -0.39 is 0 Å². The van der Waals surface area contributed by atoms with Crippen LogP contribution in [0.3, 0.4) is 0 Å². The van der Waals surface area contributed by atoms with Crippen molar-refractivity contribution in [1.82, 2.24) is 10.6 Å². The fraction of sp³-hybridized carbons (Fsp3) is 0.400. The second kappa shape index (κ2) is 7.50. The predicted molar refractivity (Wildman–Crippen MR) is 104 cm³/mol. The van der Waals surface area contributed by atoms with Crippen LogP contribution < -0.4 is 15.5 Å². The summed E-state index contributed by atoms with van der Waals surface area (Å²) in [5, 5.41) is 8.11. The van der Waals surface area contributed by atoms with E-state index in [9.17, 15) is 9.59 Å². The van der Waals surface area contributed by atoms with Crippen LogP contribution in [0.25, 0.3) is 0 Å². The van der Waals surface area contributed by atoms with E-state index >= 15 is 0 Å². The molecule has 4 rings (SSSR count). The Hall–Kier alpha value is -2.34. The van der Waals surface area contributed by atoms with E-state index in [1.54, 1.807) is 28.4 Å². The highest BCUT2D eigenvalue weighted by molar-refractivity contribution is 7.10. The fourth-order valence-corrected chi connectivity index (χ4v) is 4.78. The van der Waals surface area contributed by atoms with E-state index in [1.807, 2.05) is 18.2 Å². The van der Waals surface area contributed by atoms with Gasteiger partial charge in [0.2, 0.25) is 0 Å². The van der Waals surface area contributed by atoms with Gasteiger partial charge in [0.05, 0.1) is 6.04 Å². The van der Waals surface area contributed by atoms with Crippen LogP contribution in [0.1, 0.15) is 47.0 Å². The predicted octanol–water partition coefficient (Wildman–Crippen LogP) is 3.94. The van der Waals surface area contributed by atoms with Crippen molar-refractivity contribution >= 4 is 29.0 Å². The van der Waals surface area contributed by atoms with Gasteiger partial charge in [-0.05, 0) is 54.5 Å². The van der Waals surface area contributed by atoms with Crippen molar-refractivity contribution in [3.63, 3.8) is 0 Å². The number of urea groups is 1. The molecule has 1 atom stereocenters. The van der Waals surface area contributed by atoms with E-state index in [2.05, 4.69) is 22.1 Å². The average Bonchev–Trinajstić information content (AvgIpc) is 3.42. The molecule has 1 saturated heterocycles. The van der Waals surface area contributed by atoms with Crippen LogP contribution >= 0.6 is 11.3 Å². The molecule has 6 heteroatoms. The van der Waals surface area contributed by atoms with E-state index in [4.69, 9.17) is 0 Å². The summed E-state index contributed by atoms with van der Waals surface area (Å²) in [6.07, 6.45) is 4.84. The van der Waals surface area contributed by atoms with Gasteiger partial charge in [-0.1, -0.05) is 18.9 Å². The molecule has 2 aromatic rings. The van der Waals surface area contributed by atoms with Crippen molar-refractivity contribution in [1.29, 1.82) is 0 Å². The molecule has 2 N–H and O–H groups in total. The monoisotopic (exact) mass is 369 g/mol. The third-order valence-electron chi connectivity index (χ3n) is 5.31. The molecule has 1 saturated carbocycles. The molecule has 0 radical (unpaired) electrons. The van der Waals surface area contributed by atoms with Crippen molar-refractivity contribution in [3.05, 3.63) is 52.2 Å². The van der Waals surface area contributed by atoms with Crippen molar-refractivity contribution in [2.24, 2.45) is 5.92 Å². The number of anilines is 1. The minimum Gasteiger partial charge on any atom is -0.344 e. The van der Waals surface area contributed by atoms with Gasteiger partial charge in [0.25, 0.3) is 5.91 Å². The van der Waals surface area contributed by atoms with E-state index in [0.717, 1.165) is 5.69 Å². The minimum absolute atomic E-state index is 0.0484. The van der Waals surface area contributed by atoms with Crippen LogP contribution in [0.2, 0.25) is 0 Å². The van der Waals surface area contributed by atoms with Crippen LogP contribution in [0.15, 0.2) is 41.8 Å². The Morgan fingerprint density at radius 2 is 1.96 bits per heavy atom. The lowest BCUT2D eigenvalue weighted by molar-refractivity contribution is 0.0923. The van der Waals surface area contributed by atoms with Crippen molar-refractivity contribution < 1.29 is 9.59 Å². The molecule has 1 aromatic carbocycles. The highest BCUT2D eigenvalue weighted by Gasteiger charge is 2.29. The molecule has 0 spiro atoms. The maximum absolute atomic E-state index is 12.8. The standard InChI is InChI=1S/C20H23N3O2S/c24-19(15-7-9-16(10-8-15)23-12-11-21-20(23)25)22-18(14-4-1-2-5-14)17-6-3-13-26-17/h3,6-10,13-14,18H,1-2,4-5,11-12H2,(H,21,25)(H,22,24). The van der Waals surface area contributed by atoms with Crippen LogP contribution in [-0.2, 0) is 0 Å². The normalized spacial score (nSPS) is 18.8. The molecule has 1 unspecified atom stereocenters. The van der Waals surface area contributed by atoms with Gasteiger partial charge in [-0.3, -0.25) is 9.69 Å². The molecule has 26 heavy (non-hydrogen) atoms. The van der Waals surface area contributed by atoms with E-state index in [0.29, 0.717) is 24.6 Å². The second-order valence-electron chi connectivity index (χ2n) is 6.94. The van der Waals surface area contributed by atoms with Gasteiger partial charge in [0.1, 0.15) is 0 Å². The van der Waals surface area contributed by atoms with Crippen LogP contribution in [0.4, 0.5) is 10.5 Å². The molecule has 1 aliphatic heterocycles. The Balaban J connectivity index is 1.48. The summed E-state index contributed by atoms with van der Waals surface area (Å²) in [4.78, 5) is 27.5. The Labute approximate surface area is 157 Å². The number of benzene rings is 1. The molecule has 2 fully saturated rings. The van der Waals surface area contributed by atoms with Crippen molar-refractivity contribution in [3.8, 4) is 0 Å². The van der Waals surface area contributed by atoms with E-state index in [1.165, 1.54) is 30.6 Å². The zero-order valence-corrected chi connectivity index (χ0v) is 15.4. The molecule has 5 nitrogen and oxygen atoms in total. The molecule has 3 amide bonds. The number of nitrogens with one attached hydrogen (secondary N) is 2. The van der Waals surface area contributed by atoms with Crippen LogP contribution in [0, 0.1) is 5.92 Å². The van der Waals surface area contributed by atoms with Gasteiger partial charge in [-0.2, -0.15) is 0 Å². The Bertz CT molecular complexity index is 767. The highest BCUT2D eigenvalue weighted by atomic mass is 32.1. The van der Waals surface area contributed by atoms with Gasteiger partial charge in [0, 0.05) is 29.2 Å². The minimum atomic E-state index is -0.0822. The van der Waals surface area contributed by atoms with E-state index in [-0.39, 0.29) is 18.0 Å². The molecular weight excluding hydrogens is 346 g/mol. The quantitative estimate of drug-likeness (QED) is 0.839. The fourth-order valence-electron chi connectivity index (χ4n) is 3.92. The smallest absolute Gasteiger partial charge is 0.321 e. The first kappa shape index (κ1) is 17.1. The van der Waals surface area contributed by atoms with Crippen LogP contribution in [0.5, 0.6) is 0 Å². The van der Waals surface area contributed by atoms with Crippen molar-refractivity contribution in [2.45, 2.75) is 31.7 Å². The van der Waals surface area contributed by atoms with Crippen LogP contribution in [-0.4, -0.2) is 25.0 Å². The summed E-state index contributed by atoms with van der Waals surface area (Å²) < 4.78 is 0. The molecule has 2 aliphatic rings. The first-order chi connectivity index (χ1) is 12.7. The lowest BCUT2D eigenvalue weighted by atomic mass is 9.96. The molecule has 1 aliphatic carbocycles. The number of thiophene rings is 1. The summed E-state index contributed by atoms with van der Waals surface area (Å²) in [5.74, 6) is 0.470. The Morgan fingerprint density at radius 1 is 1.19 bits per heavy atom. The van der Waals surface area contributed by atoms with Crippen molar-refractivity contribution in [2.75, 3.05) is 18.0 Å². The molecule has 0 bridgehead atoms. The van der Waals surface area contributed by atoms with Gasteiger partial charge in [-0.25, -0.2) is 4.79 Å². The third-order valence-corrected chi connectivity index (χ3v) is 6.26. The maximum Gasteiger partial charge on any atom is 0.321 e.